The molecule has 0 aromatic carbocycles. The predicted octanol–water partition coefficient (Wildman–Crippen LogP) is 3.08. The van der Waals surface area contributed by atoms with Gasteiger partial charge in [0.25, 0.3) is 0 Å². The molecule has 0 bridgehead atoms. The number of nitrogens with two attached hydrogens (primary N) is 1. The Bertz CT molecular complexity index is 170. The van der Waals surface area contributed by atoms with Gasteiger partial charge in [-0.3, -0.25) is 0 Å². The monoisotopic (exact) mass is 181 g/mol. The summed E-state index contributed by atoms with van der Waals surface area (Å²) < 4.78 is 0. The van der Waals surface area contributed by atoms with Crippen LogP contribution in [0.25, 0.3) is 0 Å². The predicted molar refractivity (Wildman–Crippen MR) is 56.5 cm³/mol. The van der Waals surface area contributed by atoms with Crippen molar-refractivity contribution in [2.24, 2.45) is 17.1 Å². The summed E-state index contributed by atoms with van der Waals surface area (Å²) in [6.07, 6.45) is 11.3. The van der Waals surface area contributed by atoms with Crippen LogP contribution in [0, 0.1) is 11.3 Å². The van der Waals surface area contributed by atoms with E-state index in [-0.39, 0.29) is 0 Å². The van der Waals surface area contributed by atoms with Crippen molar-refractivity contribution in [3.05, 3.63) is 0 Å². The molecule has 0 aromatic heterocycles. The van der Waals surface area contributed by atoms with Crippen LogP contribution in [0.4, 0.5) is 0 Å². The van der Waals surface area contributed by atoms with Gasteiger partial charge in [-0.05, 0) is 43.4 Å². The molecule has 76 valence electrons. The lowest BCUT2D eigenvalue weighted by atomic mass is 9.63. The molecule has 0 aromatic rings. The third kappa shape index (κ3) is 1.63. The summed E-state index contributed by atoms with van der Waals surface area (Å²) in [6.45, 7) is 2.35. The van der Waals surface area contributed by atoms with E-state index >= 15 is 0 Å². The Hall–Kier alpha value is -0.0400. The fraction of sp³-hybridized carbons (Fsp3) is 1.00. The molecule has 1 heteroatoms. The molecule has 2 N–H and O–H groups in total. The summed E-state index contributed by atoms with van der Waals surface area (Å²) in [7, 11) is 0. The van der Waals surface area contributed by atoms with Crippen molar-refractivity contribution >= 4 is 0 Å². The molecule has 2 aliphatic rings. The highest BCUT2D eigenvalue weighted by atomic mass is 14.7. The third-order valence-electron chi connectivity index (χ3n) is 4.56. The topological polar surface area (TPSA) is 26.0 Å². The first-order chi connectivity index (χ1) is 6.27. The first kappa shape index (κ1) is 9.51. The molecular weight excluding hydrogens is 158 g/mol. The van der Waals surface area contributed by atoms with Crippen LogP contribution >= 0.6 is 0 Å². The standard InChI is InChI=1S/C12H23N/c1-2-10-9-11(13)5-8-12(10)6-3-4-7-12/h10-11H,2-9,13H2,1H3. The number of hydrogen-bond donors (Lipinski definition) is 1. The smallest absolute Gasteiger partial charge is 0.00418 e. The Kier molecular flexibility index (Phi) is 2.64. The lowest BCUT2D eigenvalue weighted by molar-refractivity contribution is 0.0864. The third-order valence-corrected chi connectivity index (χ3v) is 4.56. The van der Waals surface area contributed by atoms with Crippen LogP contribution in [-0.2, 0) is 0 Å². The van der Waals surface area contributed by atoms with Gasteiger partial charge in [-0.1, -0.05) is 26.2 Å². The molecule has 2 fully saturated rings. The van der Waals surface area contributed by atoms with E-state index in [1.165, 1.54) is 51.4 Å². The molecule has 2 atom stereocenters. The van der Waals surface area contributed by atoms with Crippen molar-refractivity contribution in [2.75, 3.05) is 0 Å². The maximum atomic E-state index is 6.05. The highest BCUT2D eigenvalue weighted by molar-refractivity contribution is 4.95. The number of rotatable bonds is 1. The SMILES string of the molecule is CCC1CC(N)CCC12CCCC2. The van der Waals surface area contributed by atoms with Crippen molar-refractivity contribution in [3.8, 4) is 0 Å². The fourth-order valence-electron chi connectivity index (χ4n) is 3.75. The summed E-state index contributed by atoms with van der Waals surface area (Å²) in [5.41, 5.74) is 6.79. The largest absolute Gasteiger partial charge is 0.328 e. The van der Waals surface area contributed by atoms with E-state index in [9.17, 15) is 0 Å². The minimum absolute atomic E-state index is 0.510. The Morgan fingerprint density at radius 3 is 2.54 bits per heavy atom. The Balaban J connectivity index is 2.08. The summed E-state index contributed by atoms with van der Waals surface area (Å²) in [4.78, 5) is 0. The van der Waals surface area contributed by atoms with Gasteiger partial charge in [0.2, 0.25) is 0 Å². The molecule has 0 saturated heterocycles. The lowest BCUT2D eigenvalue weighted by Crippen LogP contribution is -2.39. The van der Waals surface area contributed by atoms with Crippen LogP contribution in [0.1, 0.15) is 58.3 Å². The van der Waals surface area contributed by atoms with Gasteiger partial charge in [-0.25, -0.2) is 0 Å². The average Bonchev–Trinajstić information content (AvgIpc) is 2.59. The second kappa shape index (κ2) is 3.61. The van der Waals surface area contributed by atoms with Gasteiger partial charge in [-0.2, -0.15) is 0 Å². The van der Waals surface area contributed by atoms with E-state index in [0.29, 0.717) is 6.04 Å². The highest BCUT2D eigenvalue weighted by Crippen LogP contribution is 2.53. The minimum Gasteiger partial charge on any atom is -0.328 e. The van der Waals surface area contributed by atoms with Gasteiger partial charge in [-0.15, -0.1) is 0 Å². The summed E-state index contributed by atoms with van der Waals surface area (Å²) in [5.74, 6) is 0.943. The van der Waals surface area contributed by atoms with Crippen molar-refractivity contribution in [1.82, 2.24) is 0 Å². The fourth-order valence-corrected chi connectivity index (χ4v) is 3.75. The van der Waals surface area contributed by atoms with Gasteiger partial charge in [0, 0.05) is 6.04 Å². The van der Waals surface area contributed by atoms with Crippen LogP contribution in [0.15, 0.2) is 0 Å². The zero-order valence-electron chi connectivity index (χ0n) is 8.89. The van der Waals surface area contributed by atoms with Crippen molar-refractivity contribution < 1.29 is 0 Å². The van der Waals surface area contributed by atoms with E-state index in [0.717, 1.165) is 11.3 Å². The van der Waals surface area contributed by atoms with Crippen LogP contribution in [0.3, 0.4) is 0 Å². The molecule has 0 amide bonds. The van der Waals surface area contributed by atoms with Crippen LogP contribution in [-0.4, -0.2) is 6.04 Å². The molecule has 0 aliphatic heterocycles. The number of hydrogen-bond acceptors (Lipinski definition) is 1. The van der Waals surface area contributed by atoms with Gasteiger partial charge in [0.05, 0.1) is 0 Å². The van der Waals surface area contributed by atoms with Crippen molar-refractivity contribution in [1.29, 1.82) is 0 Å². The zero-order valence-corrected chi connectivity index (χ0v) is 8.89. The maximum absolute atomic E-state index is 6.05. The minimum atomic E-state index is 0.510. The molecule has 1 spiro atoms. The van der Waals surface area contributed by atoms with Crippen LogP contribution < -0.4 is 5.73 Å². The van der Waals surface area contributed by atoms with E-state index in [2.05, 4.69) is 6.92 Å². The van der Waals surface area contributed by atoms with Crippen LogP contribution in [0.5, 0.6) is 0 Å². The normalized spacial score (nSPS) is 38.3. The van der Waals surface area contributed by atoms with Crippen LogP contribution in [0.2, 0.25) is 0 Å². The molecule has 1 nitrogen and oxygen atoms in total. The second-order valence-electron chi connectivity index (χ2n) is 5.21. The molecule has 0 radical (unpaired) electrons. The zero-order chi connectivity index (χ0) is 9.31. The van der Waals surface area contributed by atoms with E-state index in [1.807, 2.05) is 0 Å². The average molecular weight is 181 g/mol. The Morgan fingerprint density at radius 2 is 1.92 bits per heavy atom. The Morgan fingerprint density at radius 1 is 1.23 bits per heavy atom. The van der Waals surface area contributed by atoms with E-state index < -0.39 is 0 Å². The summed E-state index contributed by atoms with van der Waals surface area (Å²) in [5, 5.41) is 0. The van der Waals surface area contributed by atoms with Crippen molar-refractivity contribution in [3.63, 3.8) is 0 Å². The van der Waals surface area contributed by atoms with Crippen molar-refractivity contribution in [2.45, 2.75) is 64.3 Å². The maximum Gasteiger partial charge on any atom is 0.00418 e. The second-order valence-corrected chi connectivity index (χ2v) is 5.21. The highest BCUT2D eigenvalue weighted by Gasteiger charge is 2.43. The summed E-state index contributed by atoms with van der Waals surface area (Å²) in [6, 6.07) is 0.510. The van der Waals surface area contributed by atoms with E-state index in [1.54, 1.807) is 0 Å². The molecule has 2 unspecified atom stereocenters. The summed E-state index contributed by atoms with van der Waals surface area (Å²) >= 11 is 0. The molecule has 2 rings (SSSR count). The first-order valence-electron chi connectivity index (χ1n) is 6.02. The van der Waals surface area contributed by atoms with Gasteiger partial charge < -0.3 is 5.73 Å². The van der Waals surface area contributed by atoms with E-state index in [4.69, 9.17) is 5.73 Å². The molecule has 0 heterocycles. The quantitative estimate of drug-likeness (QED) is 0.661. The molecule has 2 saturated carbocycles. The lowest BCUT2D eigenvalue weighted by Gasteiger charge is -2.43. The molecular formula is C12H23N. The van der Waals surface area contributed by atoms with Gasteiger partial charge >= 0.3 is 0 Å². The first-order valence-corrected chi connectivity index (χ1v) is 6.02. The van der Waals surface area contributed by atoms with Gasteiger partial charge in [0.1, 0.15) is 0 Å². The molecule has 2 aliphatic carbocycles. The Labute approximate surface area is 82.1 Å². The molecule has 13 heavy (non-hydrogen) atoms. The van der Waals surface area contributed by atoms with Gasteiger partial charge in [0.15, 0.2) is 0 Å².